The van der Waals surface area contributed by atoms with Crippen LogP contribution in [-0.2, 0) is 0 Å². The molecular weight excluding hydrogens is 450 g/mol. The van der Waals surface area contributed by atoms with Gasteiger partial charge in [0.2, 0.25) is 11.7 Å². The van der Waals surface area contributed by atoms with Crippen molar-refractivity contribution in [2.45, 2.75) is 0 Å². The maximum Gasteiger partial charge on any atom is 0.261 e. The molecule has 11 heteroatoms. The highest BCUT2D eigenvalue weighted by molar-refractivity contribution is 6.33. The highest BCUT2D eigenvalue weighted by Gasteiger charge is 2.29. The SMILES string of the molecule is O=C(Nc1ccc2oc(-c3ccc(F)cc3Cl)nc2c1)c1c(F)c(F)c(F)c(F)c1F. The fourth-order valence-electron chi connectivity index (χ4n) is 2.78. The summed E-state index contributed by atoms with van der Waals surface area (Å²) in [5.74, 6) is -13.5. The van der Waals surface area contributed by atoms with Crippen LogP contribution in [0.2, 0.25) is 5.02 Å². The normalized spacial score (nSPS) is 11.2. The lowest BCUT2D eigenvalue weighted by Gasteiger charge is -2.09. The van der Waals surface area contributed by atoms with E-state index >= 15 is 0 Å². The van der Waals surface area contributed by atoms with Crippen molar-refractivity contribution in [3.8, 4) is 11.5 Å². The number of amides is 1. The molecule has 1 N–H and O–H groups in total. The van der Waals surface area contributed by atoms with Crippen LogP contribution in [0.1, 0.15) is 10.4 Å². The van der Waals surface area contributed by atoms with Crippen molar-refractivity contribution in [2.24, 2.45) is 0 Å². The molecule has 4 aromatic rings. The number of carbonyl (C=O) groups is 1. The molecule has 0 aliphatic heterocycles. The van der Waals surface area contributed by atoms with Gasteiger partial charge in [-0.1, -0.05) is 11.6 Å². The molecule has 4 rings (SSSR count). The second kappa shape index (κ2) is 7.62. The maximum atomic E-state index is 13.8. The maximum absolute atomic E-state index is 13.8. The Hall–Kier alpha value is -3.53. The molecule has 0 fully saturated rings. The lowest BCUT2D eigenvalue weighted by Crippen LogP contribution is -2.19. The van der Waals surface area contributed by atoms with Gasteiger partial charge in [0.15, 0.2) is 28.9 Å². The number of nitrogens with zero attached hydrogens (tertiary/aromatic N) is 1. The quantitative estimate of drug-likeness (QED) is 0.226. The Morgan fingerprint density at radius 3 is 2.16 bits per heavy atom. The van der Waals surface area contributed by atoms with E-state index in [-0.39, 0.29) is 33.3 Å². The van der Waals surface area contributed by atoms with Crippen LogP contribution in [0.3, 0.4) is 0 Å². The number of nitrogens with one attached hydrogen (secondary N) is 1. The molecule has 0 unspecified atom stereocenters. The van der Waals surface area contributed by atoms with Crippen molar-refractivity contribution in [1.29, 1.82) is 0 Å². The van der Waals surface area contributed by atoms with Gasteiger partial charge in [-0.05, 0) is 36.4 Å². The Labute approximate surface area is 174 Å². The van der Waals surface area contributed by atoms with Gasteiger partial charge in [0.1, 0.15) is 16.9 Å². The number of oxazole rings is 1. The topological polar surface area (TPSA) is 55.1 Å². The van der Waals surface area contributed by atoms with Crippen LogP contribution in [0.4, 0.5) is 32.0 Å². The van der Waals surface area contributed by atoms with Crippen LogP contribution < -0.4 is 5.32 Å². The smallest absolute Gasteiger partial charge is 0.261 e. The summed E-state index contributed by atoms with van der Waals surface area (Å²) in [7, 11) is 0. The summed E-state index contributed by atoms with van der Waals surface area (Å²) < 4.78 is 86.2. The van der Waals surface area contributed by atoms with E-state index in [1.54, 1.807) is 0 Å². The fourth-order valence-corrected chi connectivity index (χ4v) is 3.03. The van der Waals surface area contributed by atoms with Gasteiger partial charge < -0.3 is 9.73 Å². The molecule has 0 aliphatic carbocycles. The van der Waals surface area contributed by atoms with E-state index in [9.17, 15) is 31.1 Å². The van der Waals surface area contributed by atoms with Crippen molar-refractivity contribution >= 4 is 34.3 Å². The Balaban J connectivity index is 1.68. The minimum absolute atomic E-state index is 0.0308. The van der Waals surface area contributed by atoms with E-state index in [1.165, 1.54) is 24.3 Å². The lowest BCUT2D eigenvalue weighted by atomic mass is 10.1. The molecule has 0 bridgehead atoms. The molecule has 0 saturated carbocycles. The van der Waals surface area contributed by atoms with Crippen LogP contribution >= 0.6 is 11.6 Å². The zero-order chi connectivity index (χ0) is 22.4. The molecule has 0 saturated heterocycles. The first-order chi connectivity index (χ1) is 14.7. The molecule has 4 nitrogen and oxygen atoms in total. The Bertz CT molecular complexity index is 1340. The second-order valence-corrected chi connectivity index (χ2v) is 6.63. The standard InChI is InChI=1S/C20H7ClF6N2O2/c21-10-5-7(22)1-3-9(10)20-29-11-6-8(2-4-12(11)31-20)28-19(30)13-14(23)16(25)18(27)17(26)15(13)24/h1-6H,(H,28,30). The number of hydrogen-bond acceptors (Lipinski definition) is 3. The predicted octanol–water partition coefficient (Wildman–Crippen LogP) is 6.24. The second-order valence-electron chi connectivity index (χ2n) is 6.22. The predicted molar refractivity (Wildman–Crippen MR) is 98.6 cm³/mol. The molecule has 31 heavy (non-hydrogen) atoms. The minimum atomic E-state index is -2.37. The summed E-state index contributed by atoms with van der Waals surface area (Å²) >= 11 is 5.97. The first-order valence-electron chi connectivity index (χ1n) is 8.36. The van der Waals surface area contributed by atoms with Gasteiger partial charge in [-0.15, -0.1) is 0 Å². The zero-order valence-electron chi connectivity index (χ0n) is 14.9. The number of hydrogen-bond donors (Lipinski definition) is 1. The van der Waals surface area contributed by atoms with Gasteiger partial charge in [0, 0.05) is 5.69 Å². The molecule has 0 aliphatic rings. The fraction of sp³-hybridized carbons (Fsp3) is 0. The zero-order valence-corrected chi connectivity index (χ0v) is 15.6. The molecule has 1 aromatic heterocycles. The van der Waals surface area contributed by atoms with E-state index in [0.717, 1.165) is 12.1 Å². The minimum Gasteiger partial charge on any atom is -0.436 e. The number of halogens is 7. The van der Waals surface area contributed by atoms with Crippen molar-refractivity contribution in [1.82, 2.24) is 4.98 Å². The van der Waals surface area contributed by atoms with Gasteiger partial charge in [0.05, 0.1) is 10.6 Å². The number of aromatic nitrogens is 1. The monoisotopic (exact) mass is 456 g/mol. The summed E-state index contributed by atoms with van der Waals surface area (Å²) in [6.45, 7) is 0. The number of rotatable bonds is 3. The molecule has 1 heterocycles. The average Bonchev–Trinajstić information content (AvgIpc) is 3.14. The number of benzene rings is 3. The third-order valence-corrected chi connectivity index (χ3v) is 4.56. The van der Waals surface area contributed by atoms with E-state index < -0.39 is 46.4 Å². The molecular formula is C20H7ClF6N2O2. The number of carbonyl (C=O) groups excluding carboxylic acids is 1. The van der Waals surface area contributed by atoms with E-state index in [4.69, 9.17) is 16.0 Å². The van der Waals surface area contributed by atoms with Crippen molar-refractivity contribution < 1.29 is 35.6 Å². The first kappa shape index (κ1) is 20.7. The summed E-state index contributed by atoms with van der Waals surface area (Å²) in [6, 6.07) is 7.39. The third-order valence-electron chi connectivity index (χ3n) is 4.24. The van der Waals surface area contributed by atoms with Crippen molar-refractivity contribution in [2.75, 3.05) is 5.32 Å². The van der Waals surface area contributed by atoms with Gasteiger partial charge in [-0.3, -0.25) is 4.79 Å². The molecule has 158 valence electrons. The van der Waals surface area contributed by atoms with Gasteiger partial charge >= 0.3 is 0 Å². The summed E-state index contributed by atoms with van der Waals surface area (Å²) in [4.78, 5) is 16.3. The van der Waals surface area contributed by atoms with Crippen LogP contribution in [0.25, 0.3) is 22.6 Å². The van der Waals surface area contributed by atoms with Crippen LogP contribution in [0.5, 0.6) is 0 Å². The average molecular weight is 457 g/mol. The van der Waals surface area contributed by atoms with Gasteiger partial charge in [0.25, 0.3) is 5.91 Å². The van der Waals surface area contributed by atoms with Crippen LogP contribution in [0, 0.1) is 34.9 Å². The number of fused-ring (bicyclic) bond motifs is 1. The highest BCUT2D eigenvalue weighted by atomic mass is 35.5. The molecule has 3 aromatic carbocycles. The lowest BCUT2D eigenvalue weighted by molar-refractivity contribution is 0.101. The summed E-state index contributed by atoms with van der Waals surface area (Å²) in [5, 5.41) is 2.08. The third kappa shape index (κ3) is 3.59. The molecule has 1 amide bonds. The van der Waals surface area contributed by atoms with Gasteiger partial charge in [-0.2, -0.15) is 0 Å². The summed E-state index contributed by atoms with van der Waals surface area (Å²) in [5.41, 5.74) is -1.01. The molecule has 0 atom stereocenters. The van der Waals surface area contributed by atoms with Gasteiger partial charge in [-0.25, -0.2) is 31.3 Å². The Morgan fingerprint density at radius 1 is 0.871 bits per heavy atom. The molecule has 0 spiro atoms. The Morgan fingerprint density at radius 2 is 1.52 bits per heavy atom. The van der Waals surface area contributed by atoms with Crippen LogP contribution in [-0.4, -0.2) is 10.9 Å². The first-order valence-corrected chi connectivity index (χ1v) is 8.74. The van der Waals surface area contributed by atoms with Crippen molar-refractivity contribution in [3.63, 3.8) is 0 Å². The Kier molecular flexibility index (Phi) is 5.10. The number of anilines is 1. The van der Waals surface area contributed by atoms with Crippen molar-refractivity contribution in [3.05, 3.63) is 81.9 Å². The van der Waals surface area contributed by atoms with Crippen LogP contribution in [0.15, 0.2) is 40.8 Å². The summed E-state index contributed by atoms with van der Waals surface area (Å²) in [6.07, 6.45) is 0. The van der Waals surface area contributed by atoms with E-state index in [1.807, 2.05) is 5.32 Å². The van der Waals surface area contributed by atoms with E-state index in [2.05, 4.69) is 4.98 Å². The largest absolute Gasteiger partial charge is 0.436 e. The molecule has 0 radical (unpaired) electrons. The van der Waals surface area contributed by atoms with E-state index in [0.29, 0.717) is 0 Å². The highest BCUT2D eigenvalue weighted by Crippen LogP contribution is 2.31.